The van der Waals surface area contributed by atoms with E-state index in [1.165, 1.54) is 18.4 Å². The number of furan rings is 1. The average molecular weight is 521 g/mol. The number of likely N-dealkylation sites (N-methyl/N-ethyl adjacent to an activating group) is 1. The highest BCUT2D eigenvalue weighted by Gasteiger charge is 2.24. The summed E-state index contributed by atoms with van der Waals surface area (Å²) in [5.41, 5.74) is 5.95. The summed E-state index contributed by atoms with van der Waals surface area (Å²) in [5.74, 6) is 0.398. The first kappa shape index (κ1) is 24.9. The molecule has 11 heteroatoms. The van der Waals surface area contributed by atoms with Crippen LogP contribution in [0.1, 0.15) is 16.2 Å². The molecular weight excluding hydrogens is 492 g/mol. The Balaban J connectivity index is 1.41. The standard InChI is InChI=1S/C26H28N6O4S/c1-16-24(37-15-28-16)19-13-27-26(30-23(19)20-9-10-21(36-20)25(33)35-4)29-17-5-7-18(8-6-17)32-12-11-31(2)22(14-32)34-3/h5-10,13,15,22H,11-12,14H2,1-4H3,(H,27,29,30). The Morgan fingerprint density at radius 2 is 1.95 bits per heavy atom. The molecule has 4 heterocycles. The van der Waals surface area contributed by atoms with Gasteiger partial charge in [0.15, 0.2) is 5.76 Å². The molecule has 0 aliphatic carbocycles. The zero-order valence-electron chi connectivity index (χ0n) is 21.1. The van der Waals surface area contributed by atoms with E-state index >= 15 is 0 Å². The van der Waals surface area contributed by atoms with Gasteiger partial charge in [0.1, 0.15) is 11.9 Å². The largest absolute Gasteiger partial charge is 0.463 e. The van der Waals surface area contributed by atoms with Crippen molar-refractivity contribution in [2.24, 2.45) is 0 Å². The predicted octanol–water partition coefficient (Wildman–Crippen LogP) is 4.42. The SMILES string of the molecule is COC(=O)c1ccc(-c2nc(Nc3ccc(N4CCN(C)C(OC)C4)cc3)ncc2-c2scnc2C)o1. The summed E-state index contributed by atoms with van der Waals surface area (Å²) in [6.45, 7) is 4.61. The molecule has 1 N–H and O–H groups in total. The molecule has 3 aromatic heterocycles. The monoisotopic (exact) mass is 520 g/mol. The van der Waals surface area contributed by atoms with Crippen LogP contribution in [0.2, 0.25) is 0 Å². The van der Waals surface area contributed by atoms with E-state index < -0.39 is 5.97 Å². The molecule has 4 aromatic rings. The number of benzene rings is 1. The summed E-state index contributed by atoms with van der Waals surface area (Å²) in [5, 5.41) is 3.28. The number of methoxy groups -OCH3 is 2. The van der Waals surface area contributed by atoms with E-state index in [0.717, 1.165) is 47.1 Å². The smallest absolute Gasteiger partial charge is 0.373 e. The Kier molecular flexibility index (Phi) is 7.17. The number of nitrogens with zero attached hydrogens (tertiary/aromatic N) is 5. The molecule has 1 saturated heterocycles. The van der Waals surface area contributed by atoms with Crippen molar-refractivity contribution in [1.29, 1.82) is 0 Å². The third-order valence-electron chi connectivity index (χ3n) is 6.36. The number of ether oxygens (including phenoxy) is 2. The fourth-order valence-corrected chi connectivity index (χ4v) is 5.06. The Morgan fingerprint density at radius 1 is 1.14 bits per heavy atom. The molecular formula is C26H28N6O4S. The second-order valence-corrected chi connectivity index (χ2v) is 9.52. The van der Waals surface area contributed by atoms with Crippen molar-refractivity contribution in [3.05, 3.63) is 59.6 Å². The van der Waals surface area contributed by atoms with Crippen LogP contribution in [0.5, 0.6) is 0 Å². The molecule has 1 aliphatic heterocycles. The Bertz CT molecular complexity index is 1390. The summed E-state index contributed by atoms with van der Waals surface area (Å²) in [4.78, 5) is 31.1. The van der Waals surface area contributed by atoms with Gasteiger partial charge in [-0.05, 0) is 50.4 Å². The fraction of sp³-hybridized carbons (Fsp3) is 0.308. The van der Waals surface area contributed by atoms with Crippen LogP contribution in [0.15, 0.2) is 52.5 Å². The van der Waals surface area contributed by atoms with E-state index in [1.807, 2.05) is 19.1 Å². The summed E-state index contributed by atoms with van der Waals surface area (Å²) >= 11 is 1.49. The van der Waals surface area contributed by atoms with Gasteiger partial charge in [-0.3, -0.25) is 4.90 Å². The van der Waals surface area contributed by atoms with Crippen molar-refractivity contribution in [1.82, 2.24) is 19.9 Å². The Hall–Kier alpha value is -3.80. The van der Waals surface area contributed by atoms with Gasteiger partial charge in [0.2, 0.25) is 11.7 Å². The van der Waals surface area contributed by atoms with Crippen molar-refractivity contribution >= 4 is 34.6 Å². The first-order valence-corrected chi connectivity index (χ1v) is 12.7. The lowest BCUT2D eigenvalue weighted by molar-refractivity contribution is -0.0225. The van der Waals surface area contributed by atoms with Crippen molar-refractivity contribution in [3.63, 3.8) is 0 Å². The minimum absolute atomic E-state index is 0.0698. The van der Waals surface area contributed by atoms with E-state index in [0.29, 0.717) is 17.4 Å². The van der Waals surface area contributed by atoms with E-state index in [4.69, 9.17) is 18.9 Å². The minimum Gasteiger partial charge on any atom is -0.463 e. The van der Waals surface area contributed by atoms with Crippen LogP contribution < -0.4 is 10.2 Å². The normalized spacial score (nSPS) is 16.1. The van der Waals surface area contributed by atoms with Crippen LogP contribution in [0.4, 0.5) is 17.3 Å². The number of aromatic nitrogens is 3. The number of carbonyl (C=O) groups excluding carboxylic acids is 1. The van der Waals surface area contributed by atoms with Crippen molar-refractivity contribution < 1.29 is 18.7 Å². The number of nitrogens with one attached hydrogen (secondary N) is 1. The molecule has 37 heavy (non-hydrogen) atoms. The highest BCUT2D eigenvalue weighted by atomic mass is 32.1. The highest BCUT2D eigenvalue weighted by Crippen LogP contribution is 2.36. The molecule has 1 aromatic carbocycles. The van der Waals surface area contributed by atoms with Gasteiger partial charge in [0.25, 0.3) is 0 Å². The molecule has 1 aliphatic rings. The molecule has 10 nitrogen and oxygen atoms in total. The topological polar surface area (TPSA) is 106 Å². The molecule has 0 radical (unpaired) electrons. The van der Waals surface area contributed by atoms with Gasteiger partial charge in [-0.1, -0.05) is 0 Å². The van der Waals surface area contributed by atoms with E-state index in [1.54, 1.807) is 30.9 Å². The van der Waals surface area contributed by atoms with Crippen LogP contribution in [0.3, 0.4) is 0 Å². The number of hydrogen-bond acceptors (Lipinski definition) is 11. The number of esters is 1. The first-order chi connectivity index (χ1) is 18.0. The van der Waals surface area contributed by atoms with Crippen LogP contribution in [0.25, 0.3) is 21.9 Å². The third kappa shape index (κ3) is 5.19. The molecule has 0 amide bonds. The zero-order chi connectivity index (χ0) is 25.9. The molecule has 192 valence electrons. The van der Waals surface area contributed by atoms with Gasteiger partial charge in [-0.25, -0.2) is 19.7 Å². The quantitative estimate of drug-likeness (QED) is 0.352. The number of thiazole rings is 1. The van der Waals surface area contributed by atoms with Crippen molar-refractivity contribution in [2.75, 3.05) is 51.1 Å². The molecule has 0 saturated carbocycles. The number of anilines is 3. The average Bonchev–Trinajstić information content (AvgIpc) is 3.58. The number of piperazine rings is 1. The molecule has 1 atom stereocenters. The van der Waals surface area contributed by atoms with E-state index in [-0.39, 0.29) is 12.0 Å². The zero-order valence-corrected chi connectivity index (χ0v) is 21.9. The maximum Gasteiger partial charge on any atom is 0.373 e. The second kappa shape index (κ2) is 10.7. The molecule has 0 bridgehead atoms. The predicted molar refractivity (Wildman–Crippen MR) is 142 cm³/mol. The Morgan fingerprint density at radius 3 is 2.65 bits per heavy atom. The lowest BCUT2D eigenvalue weighted by atomic mass is 10.1. The molecule has 5 rings (SSSR count). The van der Waals surface area contributed by atoms with Crippen molar-refractivity contribution in [3.8, 4) is 21.9 Å². The van der Waals surface area contributed by atoms with Gasteiger partial charge >= 0.3 is 5.97 Å². The van der Waals surface area contributed by atoms with Gasteiger partial charge < -0.3 is 24.1 Å². The summed E-state index contributed by atoms with van der Waals surface area (Å²) < 4.78 is 16.2. The van der Waals surface area contributed by atoms with Gasteiger partial charge in [0.05, 0.1) is 29.7 Å². The molecule has 0 spiro atoms. The fourth-order valence-electron chi connectivity index (χ4n) is 4.25. The number of carbonyl (C=O) groups is 1. The summed E-state index contributed by atoms with van der Waals surface area (Å²) in [6, 6.07) is 11.4. The molecule has 1 unspecified atom stereocenters. The number of hydrogen-bond donors (Lipinski definition) is 1. The number of aryl methyl sites for hydroxylation is 1. The first-order valence-electron chi connectivity index (χ1n) is 11.8. The van der Waals surface area contributed by atoms with Gasteiger partial charge in [0, 0.05) is 43.3 Å². The highest BCUT2D eigenvalue weighted by molar-refractivity contribution is 7.13. The Labute approximate surface area is 218 Å². The van der Waals surface area contributed by atoms with Gasteiger partial charge in [-0.15, -0.1) is 11.3 Å². The van der Waals surface area contributed by atoms with Crippen LogP contribution >= 0.6 is 11.3 Å². The van der Waals surface area contributed by atoms with Crippen LogP contribution in [0, 0.1) is 6.92 Å². The summed E-state index contributed by atoms with van der Waals surface area (Å²) in [6.07, 6.45) is 1.81. The van der Waals surface area contributed by atoms with Gasteiger partial charge in [-0.2, -0.15) is 0 Å². The van der Waals surface area contributed by atoms with Crippen LogP contribution in [-0.4, -0.2) is 73.0 Å². The third-order valence-corrected chi connectivity index (χ3v) is 7.32. The maximum atomic E-state index is 11.9. The van der Waals surface area contributed by atoms with Crippen LogP contribution in [-0.2, 0) is 9.47 Å². The van der Waals surface area contributed by atoms with Crippen molar-refractivity contribution in [2.45, 2.75) is 13.2 Å². The lowest BCUT2D eigenvalue weighted by Crippen LogP contribution is -2.52. The lowest BCUT2D eigenvalue weighted by Gasteiger charge is -2.39. The molecule has 1 fully saturated rings. The number of rotatable bonds is 7. The summed E-state index contributed by atoms with van der Waals surface area (Å²) in [7, 11) is 5.13. The van der Waals surface area contributed by atoms with E-state index in [9.17, 15) is 4.79 Å². The minimum atomic E-state index is -0.550. The van der Waals surface area contributed by atoms with E-state index in [2.05, 4.69) is 44.3 Å². The maximum absolute atomic E-state index is 11.9. The second-order valence-electron chi connectivity index (χ2n) is 8.67.